The summed E-state index contributed by atoms with van der Waals surface area (Å²) in [5, 5.41) is 7.84. The van der Waals surface area contributed by atoms with Crippen molar-refractivity contribution >= 4 is 34.0 Å². The Bertz CT molecular complexity index is 649. The third kappa shape index (κ3) is 3.49. The van der Waals surface area contributed by atoms with E-state index in [-0.39, 0.29) is 17.9 Å². The van der Waals surface area contributed by atoms with E-state index >= 15 is 0 Å². The van der Waals surface area contributed by atoms with Crippen molar-refractivity contribution < 1.29 is 14.3 Å². The molecule has 1 aromatic heterocycles. The molecule has 22 heavy (non-hydrogen) atoms. The highest BCUT2D eigenvalue weighted by atomic mass is 32.1. The molecule has 0 unspecified atom stereocenters. The molecule has 6 nitrogen and oxygen atoms in total. The maximum absolute atomic E-state index is 12.0. The van der Waals surface area contributed by atoms with Crippen molar-refractivity contribution in [2.24, 2.45) is 0 Å². The Labute approximate surface area is 131 Å². The SMILES string of the molecule is O=C(Nc1nccs1)c1ccc(NC(=O)[C@@H]2CCCO2)cc1. The van der Waals surface area contributed by atoms with Crippen molar-refractivity contribution in [3.05, 3.63) is 41.4 Å². The lowest BCUT2D eigenvalue weighted by Gasteiger charge is -2.10. The van der Waals surface area contributed by atoms with Gasteiger partial charge < -0.3 is 10.1 Å². The van der Waals surface area contributed by atoms with Crippen molar-refractivity contribution in [1.29, 1.82) is 0 Å². The summed E-state index contributed by atoms with van der Waals surface area (Å²) in [6.07, 6.45) is 2.92. The maximum atomic E-state index is 12.0. The van der Waals surface area contributed by atoms with Gasteiger partial charge in [-0.3, -0.25) is 14.9 Å². The number of rotatable bonds is 4. The number of hydrogen-bond donors (Lipinski definition) is 2. The number of benzene rings is 1. The van der Waals surface area contributed by atoms with Gasteiger partial charge in [0, 0.05) is 29.4 Å². The van der Waals surface area contributed by atoms with Crippen LogP contribution in [0.3, 0.4) is 0 Å². The summed E-state index contributed by atoms with van der Waals surface area (Å²) in [6, 6.07) is 6.72. The molecule has 1 saturated heterocycles. The average Bonchev–Trinajstić information content (AvgIpc) is 3.21. The standard InChI is InChI=1S/C15H15N3O3S/c19-13(18-15-16-7-9-22-15)10-3-5-11(6-4-10)17-14(20)12-2-1-8-21-12/h3-7,9,12H,1-2,8H2,(H,17,20)(H,16,18,19)/t12-/m0/s1. The highest BCUT2D eigenvalue weighted by Crippen LogP contribution is 2.17. The Hall–Kier alpha value is -2.25. The minimum atomic E-state index is -0.368. The highest BCUT2D eigenvalue weighted by Gasteiger charge is 2.23. The molecule has 1 fully saturated rings. The summed E-state index contributed by atoms with van der Waals surface area (Å²) in [5.41, 5.74) is 1.15. The first kappa shape index (κ1) is 14.7. The van der Waals surface area contributed by atoms with Gasteiger partial charge in [-0.25, -0.2) is 4.98 Å². The summed E-state index contributed by atoms with van der Waals surface area (Å²) >= 11 is 1.36. The Morgan fingerprint density at radius 2 is 2.05 bits per heavy atom. The van der Waals surface area contributed by atoms with Gasteiger partial charge in [-0.05, 0) is 37.1 Å². The van der Waals surface area contributed by atoms with Crippen LogP contribution in [0.2, 0.25) is 0 Å². The molecular weight excluding hydrogens is 302 g/mol. The van der Waals surface area contributed by atoms with Crippen molar-refractivity contribution in [3.8, 4) is 0 Å². The molecule has 0 saturated carbocycles. The van der Waals surface area contributed by atoms with Gasteiger partial charge in [0.1, 0.15) is 6.10 Å². The molecule has 1 atom stereocenters. The predicted molar refractivity (Wildman–Crippen MR) is 84.1 cm³/mol. The van der Waals surface area contributed by atoms with Crippen LogP contribution >= 0.6 is 11.3 Å². The monoisotopic (exact) mass is 317 g/mol. The summed E-state index contributed by atoms with van der Waals surface area (Å²) in [6.45, 7) is 0.633. The zero-order valence-electron chi connectivity index (χ0n) is 11.7. The van der Waals surface area contributed by atoms with Gasteiger partial charge in [-0.1, -0.05) is 0 Å². The Morgan fingerprint density at radius 3 is 2.68 bits per heavy atom. The third-order valence-corrected chi connectivity index (χ3v) is 3.98. The van der Waals surface area contributed by atoms with Crippen LogP contribution in [0.25, 0.3) is 0 Å². The number of amides is 2. The number of ether oxygens (including phenoxy) is 1. The second-order valence-electron chi connectivity index (χ2n) is 4.86. The molecule has 114 valence electrons. The van der Waals surface area contributed by atoms with Gasteiger partial charge in [0.05, 0.1) is 0 Å². The number of carbonyl (C=O) groups is 2. The first-order valence-corrected chi connectivity index (χ1v) is 7.84. The molecule has 1 aliphatic heterocycles. The lowest BCUT2D eigenvalue weighted by atomic mass is 10.2. The third-order valence-electron chi connectivity index (χ3n) is 3.29. The van der Waals surface area contributed by atoms with E-state index in [1.807, 2.05) is 0 Å². The highest BCUT2D eigenvalue weighted by molar-refractivity contribution is 7.13. The Balaban J connectivity index is 1.59. The first-order chi connectivity index (χ1) is 10.7. The van der Waals surface area contributed by atoms with Gasteiger partial charge >= 0.3 is 0 Å². The van der Waals surface area contributed by atoms with E-state index in [0.29, 0.717) is 23.0 Å². The van der Waals surface area contributed by atoms with Crippen molar-refractivity contribution in [2.45, 2.75) is 18.9 Å². The largest absolute Gasteiger partial charge is 0.368 e. The van der Waals surface area contributed by atoms with Gasteiger partial charge in [0.25, 0.3) is 11.8 Å². The van der Waals surface area contributed by atoms with E-state index in [9.17, 15) is 9.59 Å². The Kier molecular flexibility index (Phi) is 4.45. The van der Waals surface area contributed by atoms with Gasteiger partial charge in [-0.15, -0.1) is 11.3 Å². The summed E-state index contributed by atoms with van der Waals surface area (Å²) in [4.78, 5) is 27.9. The first-order valence-electron chi connectivity index (χ1n) is 6.96. The number of aromatic nitrogens is 1. The molecule has 0 spiro atoms. The fraction of sp³-hybridized carbons (Fsp3) is 0.267. The molecule has 0 aliphatic carbocycles. The molecular formula is C15H15N3O3S. The van der Waals surface area contributed by atoms with E-state index < -0.39 is 0 Å². The Morgan fingerprint density at radius 1 is 1.23 bits per heavy atom. The van der Waals surface area contributed by atoms with E-state index in [2.05, 4.69) is 15.6 Å². The summed E-state index contributed by atoms with van der Waals surface area (Å²) < 4.78 is 5.33. The minimum Gasteiger partial charge on any atom is -0.368 e. The maximum Gasteiger partial charge on any atom is 0.257 e. The number of nitrogens with one attached hydrogen (secondary N) is 2. The molecule has 2 amide bonds. The van der Waals surface area contributed by atoms with Crippen LogP contribution in [0, 0.1) is 0 Å². The molecule has 1 aromatic carbocycles. The average molecular weight is 317 g/mol. The van der Waals surface area contributed by atoms with Gasteiger partial charge in [0.2, 0.25) is 0 Å². The molecule has 2 N–H and O–H groups in total. The van der Waals surface area contributed by atoms with Crippen LogP contribution in [-0.2, 0) is 9.53 Å². The van der Waals surface area contributed by atoms with E-state index in [1.54, 1.807) is 35.8 Å². The molecule has 2 aromatic rings. The van der Waals surface area contributed by atoms with Crippen LogP contribution < -0.4 is 10.6 Å². The lowest BCUT2D eigenvalue weighted by Crippen LogP contribution is -2.26. The van der Waals surface area contributed by atoms with Crippen molar-refractivity contribution in [3.63, 3.8) is 0 Å². The molecule has 0 radical (unpaired) electrons. The number of thiazole rings is 1. The van der Waals surface area contributed by atoms with Crippen LogP contribution in [0.1, 0.15) is 23.2 Å². The number of hydrogen-bond acceptors (Lipinski definition) is 5. The van der Waals surface area contributed by atoms with E-state index in [0.717, 1.165) is 12.8 Å². The summed E-state index contributed by atoms with van der Waals surface area (Å²) in [5.74, 6) is -0.371. The lowest BCUT2D eigenvalue weighted by molar-refractivity contribution is -0.124. The smallest absolute Gasteiger partial charge is 0.257 e. The molecule has 7 heteroatoms. The number of carbonyl (C=O) groups excluding carboxylic acids is 2. The minimum absolute atomic E-state index is 0.141. The fourth-order valence-corrected chi connectivity index (χ4v) is 2.69. The van der Waals surface area contributed by atoms with Crippen molar-refractivity contribution in [1.82, 2.24) is 4.98 Å². The van der Waals surface area contributed by atoms with Gasteiger partial charge in [-0.2, -0.15) is 0 Å². The molecule has 1 aliphatic rings. The van der Waals surface area contributed by atoms with Crippen LogP contribution in [0.5, 0.6) is 0 Å². The second-order valence-corrected chi connectivity index (χ2v) is 5.75. The molecule has 3 rings (SSSR count). The zero-order chi connectivity index (χ0) is 15.4. The number of nitrogens with zero attached hydrogens (tertiary/aromatic N) is 1. The van der Waals surface area contributed by atoms with E-state index in [1.165, 1.54) is 11.3 Å². The number of anilines is 2. The normalized spacial score (nSPS) is 17.2. The van der Waals surface area contributed by atoms with Crippen LogP contribution in [0.4, 0.5) is 10.8 Å². The molecule has 2 heterocycles. The quantitative estimate of drug-likeness (QED) is 0.908. The predicted octanol–water partition coefficient (Wildman–Crippen LogP) is 2.51. The fourth-order valence-electron chi connectivity index (χ4n) is 2.17. The van der Waals surface area contributed by atoms with E-state index in [4.69, 9.17) is 4.74 Å². The summed E-state index contributed by atoms with van der Waals surface area (Å²) in [7, 11) is 0. The van der Waals surface area contributed by atoms with Crippen molar-refractivity contribution in [2.75, 3.05) is 17.2 Å². The zero-order valence-corrected chi connectivity index (χ0v) is 12.6. The van der Waals surface area contributed by atoms with Crippen LogP contribution in [-0.4, -0.2) is 29.5 Å². The van der Waals surface area contributed by atoms with Gasteiger partial charge in [0.15, 0.2) is 5.13 Å². The topological polar surface area (TPSA) is 80.3 Å². The molecule has 0 bridgehead atoms. The van der Waals surface area contributed by atoms with Crippen LogP contribution in [0.15, 0.2) is 35.8 Å². The second kappa shape index (κ2) is 6.67.